The van der Waals surface area contributed by atoms with Crippen LogP contribution in [0.1, 0.15) is 68.8 Å². The van der Waals surface area contributed by atoms with Gasteiger partial charge in [-0.3, -0.25) is 4.79 Å². The number of carbonyl (C=O) groups excluding carboxylic acids is 2. The average molecular weight is 386 g/mol. The number of aryl methyl sites for hydroxylation is 1. The van der Waals surface area contributed by atoms with Gasteiger partial charge in [0.25, 0.3) is 5.91 Å². The van der Waals surface area contributed by atoms with Gasteiger partial charge in [0.15, 0.2) is 0 Å². The molecule has 0 radical (unpaired) electrons. The van der Waals surface area contributed by atoms with Crippen LogP contribution >= 0.6 is 0 Å². The number of anilines is 1. The summed E-state index contributed by atoms with van der Waals surface area (Å²) < 4.78 is 0. The molecule has 3 amide bonds. The molecular weight excluding hydrogens is 350 g/mol. The molecule has 2 aliphatic rings. The number of rotatable bonds is 6. The minimum absolute atomic E-state index is 0.0184. The molecule has 1 atom stereocenters. The number of urea groups is 1. The third-order valence-electron chi connectivity index (χ3n) is 5.86. The molecular formula is C23H35N3O2. The normalized spacial score (nSPS) is 19.6. The minimum atomic E-state index is -0.0184. The highest BCUT2D eigenvalue weighted by molar-refractivity contribution is 5.96. The Morgan fingerprint density at radius 1 is 1.25 bits per heavy atom. The van der Waals surface area contributed by atoms with Gasteiger partial charge < -0.3 is 15.1 Å². The van der Waals surface area contributed by atoms with E-state index in [2.05, 4.69) is 26.1 Å². The molecule has 1 heterocycles. The van der Waals surface area contributed by atoms with Crippen LogP contribution < -0.4 is 5.32 Å². The van der Waals surface area contributed by atoms with Crippen molar-refractivity contribution in [2.24, 2.45) is 11.8 Å². The van der Waals surface area contributed by atoms with Crippen molar-refractivity contribution in [2.45, 2.75) is 65.8 Å². The number of hydrogen-bond donors (Lipinski definition) is 1. The van der Waals surface area contributed by atoms with Crippen molar-refractivity contribution in [2.75, 3.05) is 25.0 Å². The van der Waals surface area contributed by atoms with Crippen molar-refractivity contribution < 1.29 is 9.59 Å². The molecule has 1 unspecified atom stereocenters. The van der Waals surface area contributed by atoms with Gasteiger partial charge in [-0.2, -0.15) is 0 Å². The van der Waals surface area contributed by atoms with Crippen LogP contribution in [0.3, 0.4) is 0 Å². The van der Waals surface area contributed by atoms with Crippen LogP contribution in [-0.4, -0.2) is 47.4 Å². The van der Waals surface area contributed by atoms with Crippen LogP contribution in [0, 0.1) is 18.8 Å². The highest BCUT2D eigenvalue weighted by Gasteiger charge is 2.32. The molecule has 0 aromatic heterocycles. The van der Waals surface area contributed by atoms with Gasteiger partial charge in [-0.1, -0.05) is 20.8 Å². The Labute approximate surface area is 169 Å². The van der Waals surface area contributed by atoms with Gasteiger partial charge in [0.1, 0.15) is 0 Å². The first-order chi connectivity index (χ1) is 13.3. The molecule has 2 fully saturated rings. The van der Waals surface area contributed by atoms with E-state index in [-0.39, 0.29) is 11.9 Å². The summed E-state index contributed by atoms with van der Waals surface area (Å²) in [5.74, 6) is 1.25. The van der Waals surface area contributed by atoms with Gasteiger partial charge >= 0.3 is 6.03 Å². The number of nitrogens with zero attached hydrogens (tertiary/aromatic N) is 2. The van der Waals surface area contributed by atoms with Crippen molar-refractivity contribution in [1.82, 2.24) is 9.80 Å². The fourth-order valence-corrected chi connectivity index (χ4v) is 3.91. The fraction of sp³-hybridized carbons (Fsp3) is 0.652. The van der Waals surface area contributed by atoms with E-state index in [4.69, 9.17) is 0 Å². The Bertz CT molecular complexity index is 712. The molecule has 3 rings (SSSR count). The van der Waals surface area contributed by atoms with E-state index in [1.807, 2.05) is 34.9 Å². The lowest BCUT2D eigenvalue weighted by molar-refractivity contribution is 0.0683. The zero-order chi connectivity index (χ0) is 20.3. The molecule has 0 spiro atoms. The molecule has 1 aromatic carbocycles. The van der Waals surface area contributed by atoms with E-state index >= 15 is 0 Å². The van der Waals surface area contributed by atoms with Crippen LogP contribution in [0.5, 0.6) is 0 Å². The molecule has 1 saturated heterocycles. The minimum Gasteiger partial charge on any atom is -0.338 e. The molecule has 1 aliphatic heterocycles. The van der Waals surface area contributed by atoms with Crippen LogP contribution in [-0.2, 0) is 0 Å². The Morgan fingerprint density at radius 2 is 2.00 bits per heavy atom. The molecule has 5 nitrogen and oxygen atoms in total. The van der Waals surface area contributed by atoms with E-state index < -0.39 is 0 Å². The third kappa shape index (κ3) is 5.27. The summed E-state index contributed by atoms with van der Waals surface area (Å²) in [7, 11) is 0. The Morgan fingerprint density at radius 3 is 2.61 bits per heavy atom. The molecule has 154 valence electrons. The number of carbonyl (C=O) groups is 2. The summed E-state index contributed by atoms with van der Waals surface area (Å²) in [5, 5.41) is 3.07. The summed E-state index contributed by atoms with van der Waals surface area (Å²) in [6.07, 6.45) is 5.50. The number of nitrogens with one attached hydrogen (secondary N) is 1. The van der Waals surface area contributed by atoms with Crippen molar-refractivity contribution in [3.05, 3.63) is 29.3 Å². The first-order valence-corrected chi connectivity index (χ1v) is 10.8. The van der Waals surface area contributed by atoms with Gasteiger partial charge in [0, 0.05) is 36.9 Å². The van der Waals surface area contributed by atoms with Crippen LogP contribution in [0.4, 0.5) is 10.5 Å². The number of piperidine rings is 1. The molecule has 0 bridgehead atoms. The molecule has 1 N–H and O–H groups in total. The maximum atomic E-state index is 12.8. The number of amides is 3. The topological polar surface area (TPSA) is 52.7 Å². The third-order valence-corrected chi connectivity index (χ3v) is 5.86. The van der Waals surface area contributed by atoms with E-state index in [1.54, 1.807) is 0 Å². The van der Waals surface area contributed by atoms with Crippen molar-refractivity contribution in [3.63, 3.8) is 0 Å². The summed E-state index contributed by atoms with van der Waals surface area (Å²) in [6.45, 7) is 11.0. The van der Waals surface area contributed by atoms with Crippen LogP contribution in [0.15, 0.2) is 18.2 Å². The van der Waals surface area contributed by atoms with Gasteiger partial charge in [-0.05, 0) is 74.6 Å². The molecule has 1 saturated carbocycles. The smallest absolute Gasteiger partial charge is 0.322 e. The average Bonchev–Trinajstić information content (AvgIpc) is 3.47. The standard InChI is InChI=1S/C23H35N3O2/c1-16(2)11-13-26(20-8-9-20)23(28)24-21-10-7-19(14-18(21)4)22(27)25-12-5-6-17(3)15-25/h7,10,14,16-17,20H,5-6,8-9,11-13,15H2,1-4H3,(H,24,28). The van der Waals surface area contributed by atoms with Gasteiger partial charge in [0.05, 0.1) is 0 Å². The summed E-state index contributed by atoms with van der Waals surface area (Å²) in [5.41, 5.74) is 2.44. The van der Waals surface area contributed by atoms with Gasteiger partial charge in [-0.15, -0.1) is 0 Å². The second-order valence-corrected chi connectivity index (χ2v) is 9.07. The van der Waals surface area contributed by atoms with E-state index in [9.17, 15) is 9.59 Å². The SMILES string of the molecule is Cc1cc(C(=O)N2CCCC(C)C2)ccc1NC(=O)N(CCC(C)C)C1CC1. The van der Waals surface area contributed by atoms with E-state index in [1.165, 1.54) is 6.42 Å². The van der Waals surface area contributed by atoms with Crippen molar-refractivity contribution in [1.29, 1.82) is 0 Å². The first-order valence-electron chi connectivity index (χ1n) is 10.8. The molecule has 5 heteroatoms. The quantitative estimate of drug-likeness (QED) is 0.756. The summed E-state index contributed by atoms with van der Waals surface area (Å²) in [6, 6.07) is 6.00. The lowest BCUT2D eigenvalue weighted by Crippen LogP contribution is -2.39. The second-order valence-electron chi connectivity index (χ2n) is 9.07. The number of likely N-dealkylation sites (tertiary alicyclic amines) is 1. The number of benzene rings is 1. The zero-order valence-electron chi connectivity index (χ0n) is 17.8. The second kappa shape index (κ2) is 8.97. The van der Waals surface area contributed by atoms with Crippen molar-refractivity contribution >= 4 is 17.6 Å². The largest absolute Gasteiger partial charge is 0.338 e. The maximum Gasteiger partial charge on any atom is 0.322 e. The maximum absolute atomic E-state index is 12.8. The van der Waals surface area contributed by atoms with Gasteiger partial charge in [-0.25, -0.2) is 4.79 Å². The summed E-state index contributed by atoms with van der Waals surface area (Å²) in [4.78, 5) is 29.6. The lowest BCUT2D eigenvalue weighted by atomic mass is 9.99. The van der Waals surface area contributed by atoms with E-state index in [0.29, 0.717) is 23.4 Å². The highest BCUT2D eigenvalue weighted by atomic mass is 16.2. The van der Waals surface area contributed by atoms with Crippen LogP contribution in [0.2, 0.25) is 0 Å². The summed E-state index contributed by atoms with van der Waals surface area (Å²) >= 11 is 0. The van der Waals surface area contributed by atoms with Crippen molar-refractivity contribution in [3.8, 4) is 0 Å². The first kappa shape index (κ1) is 20.7. The molecule has 1 aromatic rings. The predicted molar refractivity (Wildman–Crippen MR) is 114 cm³/mol. The number of hydrogen-bond acceptors (Lipinski definition) is 2. The van der Waals surface area contributed by atoms with Crippen LogP contribution in [0.25, 0.3) is 0 Å². The Hall–Kier alpha value is -2.04. The lowest BCUT2D eigenvalue weighted by Gasteiger charge is -2.31. The predicted octanol–water partition coefficient (Wildman–Crippen LogP) is 4.91. The fourth-order valence-electron chi connectivity index (χ4n) is 3.91. The highest BCUT2D eigenvalue weighted by Crippen LogP contribution is 2.29. The monoisotopic (exact) mass is 385 g/mol. The molecule has 1 aliphatic carbocycles. The Kier molecular flexibility index (Phi) is 6.63. The van der Waals surface area contributed by atoms with Gasteiger partial charge in [0.2, 0.25) is 0 Å². The van der Waals surface area contributed by atoms with E-state index in [0.717, 1.165) is 56.6 Å². The molecule has 28 heavy (non-hydrogen) atoms. The zero-order valence-corrected chi connectivity index (χ0v) is 17.8. The Balaban J connectivity index is 1.64.